The van der Waals surface area contributed by atoms with Crippen LogP contribution in [0.2, 0.25) is 0 Å². The molecule has 1 N–H and O–H groups in total. The number of amides is 1. The van der Waals surface area contributed by atoms with Crippen molar-refractivity contribution >= 4 is 40.1 Å². The summed E-state index contributed by atoms with van der Waals surface area (Å²) < 4.78 is 19.0. The van der Waals surface area contributed by atoms with E-state index in [1.807, 2.05) is 12.1 Å². The quantitative estimate of drug-likeness (QED) is 0.381. The highest BCUT2D eigenvalue weighted by Crippen LogP contribution is 2.28. The maximum Gasteiger partial charge on any atom is 0.337 e. The molecule has 0 spiro atoms. The third-order valence-corrected chi connectivity index (χ3v) is 5.53. The number of nitrogens with zero attached hydrogens (tertiary/aromatic N) is 2. The minimum Gasteiger partial charge on any atom is -0.465 e. The van der Waals surface area contributed by atoms with Crippen LogP contribution in [0.25, 0.3) is 0 Å². The van der Waals surface area contributed by atoms with Gasteiger partial charge in [0, 0.05) is 5.75 Å². The summed E-state index contributed by atoms with van der Waals surface area (Å²) in [5.41, 5.74) is 1.44. The molecule has 0 bridgehead atoms. The van der Waals surface area contributed by atoms with Gasteiger partial charge in [0.1, 0.15) is 5.82 Å². The molecule has 27 heavy (non-hydrogen) atoms. The first-order valence-electron chi connectivity index (χ1n) is 7.76. The number of aromatic nitrogens is 2. The summed E-state index contributed by atoms with van der Waals surface area (Å²) in [4.78, 5) is 23.5. The van der Waals surface area contributed by atoms with Gasteiger partial charge in [0.2, 0.25) is 5.13 Å². The molecular formula is C18H14FN3O3S2. The smallest absolute Gasteiger partial charge is 0.337 e. The number of benzene rings is 2. The minimum atomic E-state index is -0.593. The van der Waals surface area contributed by atoms with E-state index in [0.717, 1.165) is 5.56 Å². The van der Waals surface area contributed by atoms with Gasteiger partial charge in [0.25, 0.3) is 5.91 Å². The normalized spacial score (nSPS) is 10.4. The van der Waals surface area contributed by atoms with Gasteiger partial charge < -0.3 is 4.74 Å². The molecule has 0 unspecified atom stereocenters. The van der Waals surface area contributed by atoms with Crippen LogP contribution in [0.15, 0.2) is 52.9 Å². The molecule has 0 aliphatic carbocycles. The first-order chi connectivity index (χ1) is 13.1. The molecule has 1 aromatic heterocycles. The van der Waals surface area contributed by atoms with Gasteiger partial charge in [-0.3, -0.25) is 10.1 Å². The maximum absolute atomic E-state index is 13.6. The van der Waals surface area contributed by atoms with Crippen molar-refractivity contribution in [3.05, 3.63) is 71.0 Å². The van der Waals surface area contributed by atoms with Gasteiger partial charge in [-0.25, -0.2) is 9.18 Å². The lowest BCUT2D eigenvalue weighted by atomic mass is 10.1. The Labute approximate surface area is 162 Å². The van der Waals surface area contributed by atoms with Crippen molar-refractivity contribution in [3.63, 3.8) is 0 Å². The average Bonchev–Trinajstić information content (AvgIpc) is 3.13. The Hall–Kier alpha value is -2.78. The number of hydrogen-bond donors (Lipinski definition) is 1. The van der Waals surface area contributed by atoms with Crippen molar-refractivity contribution in [1.29, 1.82) is 0 Å². The van der Waals surface area contributed by atoms with Crippen LogP contribution in [0.1, 0.15) is 26.3 Å². The van der Waals surface area contributed by atoms with E-state index >= 15 is 0 Å². The van der Waals surface area contributed by atoms with Crippen molar-refractivity contribution in [2.75, 3.05) is 12.4 Å². The highest BCUT2D eigenvalue weighted by molar-refractivity contribution is 8.00. The molecular weight excluding hydrogens is 389 g/mol. The molecule has 0 aliphatic rings. The van der Waals surface area contributed by atoms with E-state index in [9.17, 15) is 14.0 Å². The van der Waals surface area contributed by atoms with E-state index < -0.39 is 11.7 Å². The second-order valence-electron chi connectivity index (χ2n) is 5.28. The van der Waals surface area contributed by atoms with Gasteiger partial charge in [-0.1, -0.05) is 47.4 Å². The number of esters is 1. The Morgan fingerprint density at radius 3 is 2.59 bits per heavy atom. The number of nitrogens with one attached hydrogen (secondary N) is 1. The van der Waals surface area contributed by atoms with Gasteiger partial charge in [0.15, 0.2) is 4.34 Å². The van der Waals surface area contributed by atoms with Crippen molar-refractivity contribution in [2.24, 2.45) is 0 Å². The topological polar surface area (TPSA) is 81.2 Å². The summed E-state index contributed by atoms with van der Waals surface area (Å²) in [6, 6.07) is 12.8. The molecule has 0 saturated carbocycles. The van der Waals surface area contributed by atoms with E-state index in [-0.39, 0.29) is 11.5 Å². The highest BCUT2D eigenvalue weighted by atomic mass is 32.2. The lowest BCUT2D eigenvalue weighted by Crippen LogP contribution is -2.13. The summed E-state index contributed by atoms with van der Waals surface area (Å²) in [5.74, 6) is -0.922. The number of carbonyl (C=O) groups excluding carboxylic acids is 2. The van der Waals surface area contributed by atoms with E-state index in [2.05, 4.69) is 20.3 Å². The van der Waals surface area contributed by atoms with Crippen molar-refractivity contribution in [1.82, 2.24) is 10.2 Å². The number of thioether (sulfide) groups is 1. The van der Waals surface area contributed by atoms with E-state index in [4.69, 9.17) is 0 Å². The molecule has 1 amide bonds. The van der Waals surface area contributed by atoms with Gasteiger partial charge in [-0.05, 0) is 29.8 Å². The van der Waals surface area contributed by atoms with Gasteiger partial charge >= 0.3 is 5.97 Å². The number of carbonyl (C=O) groups is 2. The molecule has 0 aliphatic heterocycles. The minimum absolute atomic E-state index is 0.0485. The number of methoxy groups -OCH3 is 1. The Kier molecular flexibility index (Phi) is 6.15. The highest BCUT2D eigenvalue weighted by Gasteiger charge is 2.14. The van der Waals surface area contributed by atoms with Crippen LogP contribution in [0.5, 0.6) is 0 Å². The lowest BCUT2D eigenvalue weighted by Gasteiger charge is -2.02. The molecule has 0 fully saturated rings. The summed E-state index contributed by atoms with van der Waals surface area (Å²) in [7, 11) is 1.34. The zero-order valence-corrected chi connectivity index (χ0v) is 15.8. The Morgan fingerprint density at radius 2 is 1.89 bits per heavy atom. The maximum atomic E-state index is 13.6. The average molecular weight is 403 g/mol. The van der Waals surface area contributed by atoms with E-state index in [1.165, 1.54) is 48.4 Å². The molecule has 3 rings (SSSR count). The molecule has 3 aromatic rings. The van der Waals surface area contributed by atoms with Gasteiger partial charge in [0.05, 0.1) is 18.2 Å². The first kappa shape index (κ1) is 19.0. The zero-order chi connectivity index (χ0) is 19.2. The fourth-order valence-electron chi connectivity index (χ4n) is 2.13. The molecule has 0 radical (unpaired) electrons. The predicted octanol–water partition coefficient (Wildman–Crippen LogP) is 4.01. The number of hydrogen-bond acceptors (Lipinski definition) is 7. The van der Waals surface area contributed by atoms with Crippen molar-refractivity contribution < 1.29 is 18.7 Å². The standard InChI is InChI=1S/C18H14FN3O3S2/c1-25-16(24)12-8-6-11(7-9-12)10-26-18-22-21-17(27-18)20-15(23)13-4-2-3-5-14(13)19/h2-9H,10H2,1H3,(H,20,21,23). The Balaban J connectivity index is 1.57. The van der Waals surface area contributed by atoms with Crippen LogP contribution in [0, 0.1) is 5.82 Å². The van der Waals surface area contributed by atoms with Gasteiger partial charge in [-0.2, -0.15) is 0 Å². The first-order valence-corrected chi connectivity index (χ1v) is 9.56. The molecule has 0 saturated heterocycles. The van der Waals surface area contributed by atoms with Crippen molar-refractivity contribution in [3.8, 4) is 0 Å². The van der Waals surface area contributed by atoms with Crippen molar-refractivity contribution in [2.45, 2.75) is 10.1 Å². The van der Waals surface area contributed by atoms with Gasteiger partial charge in [-0.15, -0.1) is 10.2 Å². The van der Waals surface area contributed by atoms with Crippen LogP contribution in [-0.2, 0) is 10.5 Å². The second-order valence-corrected chi connectivity index (χ2v) is 7.48. The molecule has 1 heterocycles. The van der Waals surface area contributed by atoms with Crippen LogP contribution >= 0.6 is 23.1 Å². The lowest BCUT2D eigenvalue weighted by molar-refractivity contribution is 0.0600. The molecule has 0 atom stereocenters. The third-order valence-electron chi connectivity index (χ3n) is 3.48. The third kappa shape index (κ3) is 4.89. The molecule has 9 heteroatoms. The summed E-state index contributed by atoms with van der Waals surface area (Å²) >= 11 is 2.65. The summed E-state index contributed by atoms with van der Waals surface area (Å²) in [6.45, 7) is 0. The number of ether oxygens (including phenoxy) is 1. The van der Waals surface area contributed by atoms with E-state index in [0.29, 0.717) is 20.8 Å². The Bertz CT molecular complexity index is 960. The Morgan fingerprint density at radius 1 is 1.15 bits per heavy atom. The fourth-order valence-corrected chi connectivity index (χ4v) is 3.83. The van der Waals surface area contributed by atoms with Crippen LogP contribution in [0.3, 0.4) is 0 Å². The predicted molar refractivity (Wildman–Crippen MR) is 102 cm³/mol. The van der Waals surface area contributed by atoms with Crippen LogP contribution < -0.4 is 5.32 Å². The fraction of sp³-hybridized carbons (Fsp3) is 0.111. The summed E-state index contributed by atoms with van der Waals surface area (Å²) in [6.07, 6.45) is 0. The molecule has 138 valence electrons. The zero-order valence-electron chi connectivity index (χ0n) is 14.1. The second kappa shape index (κ2) is 8.74. The monoisotopic (exact) mass is 403 g/mol. The molecule has 6 nitrogen and oxygen atoms in total. The SMILES string of the molecule is COC(=O)c1ccc(CSc2nnc(NC(=O)c3ccccc3F)s2)cc1. The van der Waals surface area contributed by atoms with Crippen LogP contribution in [-0.4, -0.2) is 29.2 Å². The van der Waals surface area contributed by atoms with Crippen LogP contribution in [0.4, 0.5) is 9.52 Å². The summed E-state index contributed by atoms with van der Waals surface area (Å²) in [5, 5.41) is 10.8. The number of anilines is 1. The largest absolute Gasteiger partial charge is 0.465 e. The van der Waals surface area contributed by atoms with E-state index in [1.54, 1.807) is 18.2 Å². The molecule has 2 aromatic carbocycles. The number of rotatable bonds is 6. The number of halogens is 1.